The monoisotopic (exact) mass is 181 g/mol. The van der Waals surface area contributed by atoms with Crippen LogP contribution in [-0.4, -0.2) is 29.5 Å². The summed E-state index contributed by atoms with van der Waals surface area (Å²) in [5.74, 6) is 2.97. The minimum absolute atomic E-state index is 0.409. The van der Waals surface area contributed by atoms with Crippen LogP contribution in [0.2, 0.25) is 0 Å². The van der Waals surface area contributed by atoms with Crippen LogP contribution in [0.25, 0.3) is 0 Å². The van der Waals surface area contributed by atoms with Gasteiger partial charge < -0.3 is 10.2 Å². The van der Waals surface area contributed by atoms with E-state index in [2.05, 4.69) is 11.2 Å². The van der Waals surface area contributed by atoms with Crippen molar-refractivity contribution in [1.29, 1.82) is 0 Å². The van der Waals surface area contributed by atoms with Crippen molar-refractivity contribution in [3.63, 3.8) is 0 Å². The Hall–Kier alpha value is -1.70. The van der Waals surface area contributed by atoms with Crippen LogP contribution in [0.5, 0.6) is 0 Å². The van der Waals surface area contributed by atoms with E-state index in [9.17, 15) is 10.1 Å². The maximum atomic E-state index is 10.2. The Balaban J connectivity index is 2.68. The van der Waals surface area contributed by atoms with Crippen molar-refractivity contribution in [1.82, 2.24) is 10.2 Å². The molecule has 0 amide bonds. The Bertz CT molecular complexity index is 267. The highest BCUT2D eigenvalue weighted by molar-refractivity contribution is 5.02. The molecular weight excluding hydrogens is 170 g/mol. The lowest BCUT2D eigenvalue weighted by molar-refractivity contribution is -0.404. The Morgan fingerprint density at radius 3 is 3.23 bits per heavy atom. The lowest BCUT2D eigenvalue weighted by Crippen LogP contribution is -2.39. The lowest BCUT2D eigenvalue weighted by atomic mass is 10.3. The normalized spacial score (nSPS) is 19.3. The zero-order valence-corrected chi connectivity index (χ0v) is 7.19. The van der Waals surface area contributed by atoms with E-state index in [0.29, 0.717) is 12.4 Å². The lowest BCUT2D eigenvalue weighted by Gasteiger charge is -2.28. The molecule has 0 aromatic rings. The smallest absolute Gasteiger partial charge is 0.274 e. The third kappa shape index (κ3) is 2.67. The van der Waals surface area contributed by atoms with E-state index in [-0.39, 0.29) is 0 Å². The third-order valence-corrected chi connectivity index (χ3v) is 1.76. The molecule has 0 aromatic heterocycles. The second-order valence-electron chi connectivity index (χ2n) is 2.71. The second-order valence-corrected chi connectivity index (χ2v) is 2.71. The van der Waals surface area contributed by atoms with Crippen molar-refractivity contribution < 1.29 is 4.92 Å². The fourth-order valence-electron chi connectivity index (χ4n) is 1.22. The fraction of sp³-hybridized carbons (Fsp3) is 0.500. The number of terminal acetylenes is 1. The van der Waals surface area contributed by atoms with E-state index < -0.39 is 4.92 Å². The molecule has 5 heteroatoms. The molecule has 0 aliphatic carbocycles. The molecule has 0 unspecified atom stereocenters. The first kappa shape index (κ1) is 9.39. The highest BCUT2D eigenvalue weighted by Gasteiger charge is 2.15. The van der Waals surface area contributed by atoms with Gasteiger partial charge in [-0.05, 0) is 6.42 Å². The molecule has 1 heterocycles. The number of nitrogens with one attached hydrogen (secondary N) is 1. The van der Waals surface area contributed by atoms with E-state index in [0.717, 1.165) is 25.7 Å². The number of rotatable bonds is 2. The van der Waals surface area contributed by atoms with Crippen LogP contribution in [0.15, 0.2) is 12.0 Å². The number of hydrogen-bond acceptors (Lipinski definition) is 4. The van der Waals surface area contributed by atoms with Gasteiger partial charge in [-0.1, -0.05) is 5.92 Å². The van der Waals surface area contributed by atoms with Crippen LogP contribution in [0.4, 0.5) is 0 Å². The molecular formula is C8H11N3O2. The molecule has 0 atom stereocenters. The summed E-state index contributed by atoms with van der Waals surface area (Å²) in [6.07, 6.45) is 7.05. The summed E-state index contributed by atoms with van der Waals surface area (Å²) in [4.78, 5) is 11.5. The summed E-state index contributed by atoms with van der Waals surface area (Å²) < 4.78 is 0. The summed E-state index contributed by atoms with van der Waals surface area (Å²) in [6, 6.07) is 0. The summed E-state index contributed by atoms with van der Waals surface area (Å²) in [5.41, 5.74) is 0. The molecule has 1 fully saturated rings. The van der Waals surface area contributed by atoms with E-state index in [1.807, 2.05) is 0 Å². The maximum Gasteiger partial charge on any atom is 0.274 e. The van der Waals surface area contributed by atoms with Crippen LogP contribution < -0.4 is 5.32 Å². The van der Waals surface area contributed by atoms with Gasteiger partial charge in [-0.25, -0.2) is 0 Å². The van der Waals surface area contributed by atoms with Gasteiger partial charge in [0.2, 0.25) is 0 Å². The van der Waals surface area contributed by atoms with Crippen LogP contribution >= 0.6 is 0 Å². The predicted octanol–water partition coefficient (Wildman–Crippen LogP) is -0.00950. The Morgan fingerprint density at radius 1 is 1.85 bits per heavy atom. The van der Waals surface area contributed by atoms with E-state index >= 15 is 0 Å². The molecule has 1 N–H and O–H groups in total. The number of nitrogens with zero attached hydrogens (tertiary/aromatic N) is 2. The largest absolute Gasteiger partial charge is 0.366 e. The van der Waals surface area contributed by atoms with Crippen LogP contribution in [0.1, 0.15) is 6.42 Å². The molecule has 5 nitrogen and oxygen atoms in total. The molecule has 1 saturated heterocycles. The summed E-state index contributed by atoms with van der Waals surface area (Å²) >= 11 is 0. The van der Waals surface area contributed by atoms with Crippen LogP contribution in [-0.2, 0) is 0 Å². The topological polar surface area (TPSA) is 58.4 Å². The summed E-state index contributed by atoms with van der Waals surface area (Å²) in [5, 5.41) is 13.2. The van der Waals surface area contributed by atoms with Gasteiger partial charge >= 0.3 is 0 Å². The van der Waals surface area contributed by atoms with Gasteiger partial charge in [0.15, 0.2) is 5.82 Å². The van der Waals surface area contributed by atoms with Crippen molar-refractivity contribution in [3.05, 3.63) is 22.1 Å². The molecule has 0 aromatic carbocycles. The van der Waals surface area contributed by atoms with E-state index in [1.54, 1.807) is 4.90 Å². The van der Waals surface area contributed by atoms with E-state index in [4.69, 9.17) is 6.42 Å². The summed E-state index contributed by atoms with van der Waals surface area (Å²) in [6.45, 7) is 1.95. The average Bonchev–Trinajstić information content (AvgIpc) is 2.08. The Morgan fingerprint density at radius 2 is 2.62 bits per heavy atom. The summed E-state index contributed by atoms with van der Waals surface area (Å²) in [7, 11) is 0. The van der Waals surface area contributed by atoms with Crippen molar-refractivity contribution in [2.24, 2.45) is 0 Å². The highest BCUT2D eigenvalue weighted by Crippen LogP contribution is 2.06. The van der Waals surface area contributed by atoms with Gasteiger partial charge in [0, 0.05) is 13.1 Å². The maximum absolute atomic E-state index is 10.2. The minimum atomic E-state index is -0.475. The average molecular weight is 181 g/mol. The van der Waals surface area contributed by atoms with Crippen LogP contribution in [0, 0.1) is 22.5 Å². The molecule has 1 rings (SSSR count). The van der Waals surface area contributed by atoms with Gasteiger partial charge in [0.25, 0.3) is 6.20 Å². The Kier molecular flexibility index (Phi) is 3.15. The molecule has 1 aliphatic heterocycles. The molecule has 0 bridgehead atoms. The zero-order chi connectivity index (χ0) is 9.68. The molecule has 70 valence electrons. The molecule has 0 radical (unpaired) electrons. The van der Waals surface area contributed by atoms with Gasteiger partial charge in [-0.2, -0.15) is 0 Å². The van der Waals surface area contributed by atoms with Gasteiger partial charge in [-0.3, -0.25) is 10.1 Å². The van der Waals surface area contributed by atoms with E-state index in [1.165, 1.54) is 0 Å². The molecule has 13 heavy (non-hydrogen) atoms. The fourth-order valence-corrected chi connectivity index (χ4v) is 1.22. The second kappa shape index (κ2) is 4.36. The van der Waals surface area contributed by atoms with Crippen molar-refractivity contribution >= 4 is 0 Å². The van der Waals surface area contributed by atoms with Crippen molar-refractivity contribution in [3.8, 4) is 12.3 Å². The first-order valence-electron chi connectivity index (χ1n) is 4.01. The number of nitro groups is 1. The Labute approximate surface area is 76.6 Å². The quantitative estimate of drug-likeness (QED) is 0.370. The minimum Gasteiger partial charge on any atom is -0.366 e. The van der Waals surface area contributed by atoms with Crippen molar-refractivity contribution in [2.45, 2.75) is 6.42 Å². The zero-order valence-electron chi connectivity index (χ0n) is 7.19. The molecule has 1 aliphatic rings. The first-order chi connectivity index (χ1) is 6.24. The van der Waals surface area contributed by atoms with Crippen molar-refractivity contribution in [2.75, 3.05) is 19.6 Å². The van der Waals surface area contributed by atoms with Gasteiger partial charge in [-0.15, -0.1) is 6.42 Å². The standard InChI is InChI=1S/C8H11N3O2/c1-2-5-10-6-3-4-9-8(10)7-11(12)13/h1,7,9H,3-6H2/b8-7-. The predicted molar refractivity (Wildman–Crippen MR) is 48.1 cm³/mol. The highest BCUT2D eigenvalue weighted by atomic mass is 16.6. The van der Waals surface area contributed by atoms with Gasteiger partial charge in [0.1, 0.15) is 0 Å². The molecule has 0 saturated carbocycles. The third-order valence-electron chi connectivity index (χ3n) is 1.76. The number of hydrogen-bond donors (Lipinski definition) is 1. The first-order valence-corrected chi connectivity index (χ1v) is 4.01. The molecule has 0 spiro atoms. The van der Waals surface area contributed by atoms with Gasteiger partial charge in [0.05, 0.1) is 11.5 Å². The SMILES string of the molecule is C#CCN1CCCN/C1=C/[N+](=O)[O-]. The van der Waals surface area contributed by atoms with Crippen LogP contribution in [0.3, 0.4) is 0 Å².